The van der Waals surface area contributed by atoms with Gasteiger partial charge >= 0.3 is 5.97 Å². The minimum atomic E-state index is -0.895. The van der Waals surface area contributed by atoms with Gasteiger partial charge in [0.05, 0.1) is 18.6 Å². The Morgan fingerprint density at radius 1 is 1.00 bits per heavy atom. The second kappa shape index (κ2) is 11.9. The summed E-state index contributed by atoms with van der Waals surface area (Å²) in [4.78, 5) is 28.8. The molecular weight excluding hydrogens is 544 g/mol. The fourth-order valence-electron chi connectivity index (χ4n) is 6.78. The van der Waals surface area contributed by atoms with E-state index in [1.54, 1.807) is 0 Å². The van der Waals surface area contributed by atoms with Crippen LogP contribution >= 0.6 is 0 Å². The molecule has 3 aliphatic rings. The molecule has 1 saturated heterocycles. The van der Waals surface area contributed by atoms with Crippen molar-refractivity contribution < 1.29 is 28.9 Å². The summed E-state index contributed by atoms with van der Waals surface area (Å²) in [5.41, 5.74) is 6.88. The van der Waals surface area contributed by atoms with Crippen LogP contribution < -0.4 is 19.5 Å². The minimum Gasteiger partial charge on any atom is -0.490 e. The molecule has 6 rings (SSSR count). The molecule has 0 radical (unpaired) electrons. The Morgan fingerprint density at radius 3 is 2.33 bits per heavy atom. The number of ether oxygens (including phenoxy) is 3. The molecule has 2 N–H and O–H groups in total. The molecule has 0 spiro atoms. The molecule has 8 nitrogen and oxygen atoms in total. The van der Waals surface area contributed by atoms with E-state index in [1.807, 2.05) is 48.2 Å². The summed E-state index contributed by atoms with van der Waals surface area (Å²) >= 11 is 0. The molecule has 226 valence electrons. The number of benzene rings is 3. The van der Waals surface area contributed by atoms with Gasteiger partial charge in [0, 0.05) is 24.2 Å². The molecule has 1 aliphatic carbocycles. The first kappa shape index (κ1) is 29.1. The zero-order chi connectivity index (χ0) is 30.2. The molecule has 1 unspecified atom stereocenters. The van der Waals surface area contributed by atoms with E-state index in [2.05, 4.69) is 38.2 Å². The average molecular weight is 585 g/mol. The monoisotopic (exact) mass is 584 g/mol. The van der Waals surface area contributed by atoms with Crippen LogP contribution in [0.25, 0.3) is 0 Å². The number of fused-ring (bicyclic) bond motifs is 1. The van der Waals surface area contributed by atoms with E-state index < -0.39 is 17.9 Å². The van der Waals surface area contributed by atoms with Crippen LogP contribution in [0.15, 0.2) is 48.5 Å². The molecule has 1 saturated carbocycles. The van der Waals surface area contributed by atoms with Crippen molar-refractivity contribution in [3.63, 3.8) is 0 Å². The van der Waals surface area contributed by atoms with Crippen LogP contribution in [-0.2, 0) is 22.4 Å². The van der Waals surface area contributed by atoms with Crippen LogP contribution in [0, 0.1) is 19.8 Å². The third-order valence-corrected chi connectivity index (χ3v) is 8.98. The van der Waals surface area contributed by atoms with E-state index in [1.165, 1.54) is 5.56 Å². The molecule has 0 bridgehead atoms. The second-order valence-corrected chi connectivity index (χ2v) is 12.0. The highest BCUT2D eigenvalue weighted by atomic mass is 16.7. The fourth-order valence-corrected chi connectivity index (χ4v) is 6.78. The third-order valence-electron chi connectivity index (χ3n) is 8.98. The highest BCUT2D eigenvalue weighted by Gasteiger charge is 2.48. The van der Waals surface area contributed by atoms with Crippen molar-refractivity contribution in [2.45, 2.75) is 71.4 Å². The number of amides is 1. The van der Waals surface area contributed by atoms with E-state index in [4.69, 9.17) is 14.2 Å². The van der Waals surface area contributed by atoms with Gasteiger partial charge in [0.1, 0.15) is 5.75 Å². The number of aliphatic carboxylic acids is 1. The van der Waals surface area contributed by atoms with Crippen LogP contribution in [0.5, 0.6) is 17.2 Å². The first-order valence-electron chi connectivity index (χ1n) is 15.3. The lowest BCUT2D eigenvalue weighted by Crippen LogP contribution is -2.35. The van der Waals surface area contributed by atoms with Crippen molar-refractivity contribution in [3.8, 4) is 17.2 Å². The number of aryl methyl sites for hydroxylation is 3. The Balaban J connectivity index is 1.34. The number of carboxylic acids is 1. The number of carbonyl (C=O) groups is 2. The van der Waals surface area contributed by atoms with Gasteiger partial charge < -0.3 is 24.6 Å². The standard InChI is InChI=1S/C35H40N2O6/c1-5-22-15-20(3)16-23(6-2)32(22)36-30(38)18-37-17-28(27-13-14-29-34(21(27)4)42-19-41-29)31(35(39)40)33(37)24-7-9-25(10-8-24)43-26-11-12-26/h7-10,13-16,26,28,31,33H,5-6,11-12,17-19H2,1-4H3,(H,36,38)(H,39,40)/t28-,31?,33+/m1/s1. The van der Waals surface area contributed by atoms with Gasteiger partial charge in [0.25, 0.3) is 0 Å². The number of nitrogens with zero attached hydrogens (tertiary/aromatic N) is 1. The summed E-state index contributed by atoms with van der Waals surface area (Å²) in [6, 6.07) is 15.3. The number of hydrogen-bond acceptors (Lipinski definition) is 6. The molecule has 0 aromatic heterocycles. The number of hydrogen-bond donors (Lipinski definition) is 2. The molecular formula is C35H40N2O6. The predicted octanol–water partition coefficient (Wildman–Crippen LogP) is 6.18. The summed E-state index contributed by atoms with van der Waals surface area (Å²) in [7, 11) is 0. The van der Waals surface area contributed by atoms with Crippen molar-refractivity contribution in [3.05, 3.63) is 81.9 Å². The SMILES string of the molecule is CCc1cc(C)cc(CC)c1NC(=O)CN1C[C@H](c2ccc3c(c2C)OCO3)C(C(=O)O)[C@@H]1c1ccc(OC2CC2)cc1. The van der Waals surface area contributed by atoms with Crippen LogP contribution in [0.2, 0.25) is 0 Å². The summed E-state index contributed by atoms with van der Waals surface area (Å²) < 4.78 is 17.3. The van der Waals surface area contributed by atoms with Gasteiger partial charge in [-0.05, 0) is 85.5 Å². The van der Waals surface area contributed by atoms with Crippen molar-refractivity contribution in [2.75, 3.05) is 25.2 Å². The smallest absolute Gasteiger partial charge is 0.309 e. The Hall–Kier alpha value is -4.04. The summed E-state index contributed by atoms with van der Waals surface area (Å²) in [5, 5.41) is 13.9. The molecule has 2 heterocycles. The van der Waals surface area contributed by atoms with E-state index in [0.717, 1.165) is 64.9 Å². The van der Waals surface area contributed by atoms with E-state index in [9.17, 15) is 14.7 Å². The van der Waals surface area contributed by atoms with Crippen molar-refractivity contribution in [2.24, 2.45) is 5.92 Å². The van der Waals surface area contributed by atoms with E-state index in [0.29, 0.717) is 18.0 Å². The number of rotatable bonds is 10. The van der Waals surface area contributed by atoms with Crippen LogP contribution in [0.1, 0.15) is 72.0 Å². The number of carboxylic acid groups (broad SMARTS) is 1. The van der Waals surface area contributed by atoms with E-state index >= 15 is 0 Å². The Bertz CT molecular complexity index is 1510. The minimum absolute atomic E-state index is 0.0645. The highest BCUT2D eigenvalue weighted by Crippen LogP contribution is 2.49. The zero-order valence-corrected chi connectivity index (χ0v) is 25.3. The lowest BCUT2D eigenvalue weighted by molar-refractivity contribution is -0.143. The maximum absolute atomic E-state index is 13.7. The van der Waals surface area contributed by atoms with E-state index in [-0.39, 0.29) is 31.3 Å². The van der Waals surface area contributed by atoms with Gasteiger partial charge in [0.15, 0.2) is 11.5 Å². The van der Waals surface area contributed by atoms with Gasteiger partial charge in [-0.3, -0.25) is 14.5 Å². The summed E-state index contributed by atoms with van der Waals surface area (Å²) in [6.45, 7) is 8.82. The molecule has 3 aromatic rings. The van der Waals surface area contributed by atoms with Crippen molar-refractivity contribution in [1.82, 2.24) is 4.90 Å². The molecule has 2 fully saturated rings. The van der Waals surface area contributed by atoms with Crippen LogP contribution in [-0.4, -0.2) is 47.9 Å². The van der Waals surface area contributed by atoms with Gasteiger partial charge in [-0.25, -0.2) is 0 Å². The number of carbonyl (C=O) groups excluding carboxylic acids is 1. The third kappa shape index (κ3) is 5.80. The molecule has 2 aliphatic heterocycles. The lowest BCUT2D eigenvalue weighted by atomic mass is 9.81. The molecule has 8 heteroatoms. The largest absolute Gasteiger partial charge is 0.490 e. The lowest BCUT2D eigenvalue weighted by Gasteiger charge is -2.27. The molecule has 3 atom stereocenters. The van der Waals surface area contributed by atoms with Gasteiger partial charge in [-0.1, -0.05) is 49.7 Å². The quantitative estimate of drug-likeness (QED) is 0.294. The topological polar surface area (TPSA) is 97.3 Å². The van der Waals surface area contributed by atoms with Crippen molar-refractivity contribution >= 4 is 17.6 Å². The normalized spacial score (nSPS) is 21.2. The van der Waals surface area contributed by atoms with Crippen molar-refractivity contribution in [1.29, 1.82) is 0 Å². The summed E-state index contributed by atoms with van der Waals surface area (Å²) in [5.74, 6) is -0.0753. The predicted molar refractivity (Wildman–Crippen MR) is 164 cm³/mol. The fraction of sp³-hybridized carbons (Fsp3) is 0.429. The molecule has 3 aromatic carbocycles. The number of anilines is 1. The Labute approximate surface area is 252 Å². The molecule has 43 heavy (non-hydrogen) atoms. The highest BCUT2D eigenvalue weighted by molar-refractivity contribution is 5.94. The van der Waals surface area contributed by atoms with Crippen LogP contribution in [0.4, 0.5) is 5.69 Å². The second-order valence-electron chi connectivity index (χ2n) is 12.0. The molecule has 1 amide bonds. The van der Waals surface area contributed by atoms with Gasteiger partial charge in [-0.2, -0.15) is 0 Å². The summed E-state index contributed by atoms with van der Waals surface area (Å²) in [6.07, 6.45) is 4.00. The average Bonchev–Trinajstić information content (AvgIpc) is 3.52. The van der Waals surface area contributed by atoms with Gasteiger partial charge in [-0.15, -0.1) is 0 Å². The number of nitrogens with one attached hydrogen (secondary N) is 1. The maximum Gasteiger partial charge on any atom is 0.309 e. The first-order valence-corrected chi connectivity index (χ1v) is 15.3. The Kier molecular flexibility index (Phi) is 8.05. The first-order chi connectivity index (χ1) is 20.8. The maximum atomic E-state index is 13.7. The number of likely N-dealkylation sites (tertiary alicyclic amines) is 1. The van der Waals surface area contributed by atoms with Crippen LogP contribution in [0.3, 0.4) is 0 Å². The zero-order valence-electron chi connectivity index (χ0n) is 25.3. The van der Waals surface area contributed by atoms with Gasteiger partial charge in [0.2, 0.25) is 12.7 Å². The Morgan fingerprint density at radius 2 is 1.70 bits per heavy atom.